The third-order valence-corrected chi connectivity index (χ3v) is 4.08. The van der Waals surface area contributed by atoms with Crippen LogP contribution in [0.3, 0.4) is 0 Å². The zero-order valence-electron chi connectivity index (χ0n) is 12.6. The Labute approximate surface area is 121 Å². The van der Waals surface area contributed by atoms with Gasteiger partial charge in [0.15, 0.2) is 0 Å². The van der Waals surface area contributed by atoms with Gasteiger partial charge in [0, 0.05) is 25.7 Å². The van der Waals surface area contributed by atoms with E-state index in [0.717, 1.165) is 26.2 Å². The SMILES string of the molecule is CCC1CN(C)CCCN1CCNc1ccccc1F. The molecule has 1 aromatic carbocycles. The number of anilines is 1. The Hall–Kier alpha value is -1.13. The van der Waals surface area contributed by atoms with Crippen LogP contribution >= 0.6 is 0 Å². The van der Waals surface area contributed by atoms with Gasteiger partial charge in [-0.25, -0.2) is 4.39 Å². The van der Waals surface area contributed by atoms with E-state index in [-0.39, 0.29) is 5.82 Å². The Kier molecular flexibility index (Phi) is 5.80. The molecule has 1 aliphatic heterocycles. The largest absolute Gasteiger partial charge is 0.381 e. The van der Waals surface area contributed by atoms with Crippen LogP contribution in [0.4, 0.5) is 10.1 Å². The first-order chi connectivity index (χ1) is 9.70. The molecule has 0 saturated carbocycles. The molecule has 3 nitrogen and oxygen atoms in total. The van der Waals surface area contributed by atoms with Crippen LogP contribution in [0.5, 0.6) is 0 Å². The van der Waals surface area contributed by atoms with Crippen molar-refractivity contribution in [1.29, 1.82) is 0 Å². The molecule has 1 fully saturated rings. The summed E-state index contributed by atoms with van der Waals surface area (Å²) in [7, 11) is 2.20. The normalized spacial score (nSPS) is 21.6. The first kappa shape index (κ1) is 15.3. The third kappa shape index (κ3) is 4.18. The van der Waals surface area contributed by atoms with Crippen molar-refractivity contribution < 1.29 is 4.39 Å². The first-order valence-electron chi connectivity index (χ1n) is 7.61. The summed E-state index contributed by atoms with van der Waals surface area (Å²) in [6, 6.07) is 7.49. The maximum absolute atomic E-state index is 13.5. The van der Waals surface area contributed by atoms with Gasteiger partial charge in [0.05, 0.1) is 5.69 Å². The van der Waals surface area contributed by atoms with Crippen LogP contribution in [0, 0.1) is 5.82 Å². The van der Waals surface area contributed by atoms with Crippen molar-refractivity contribution in [2.45, 2.75) is 25.8 Å². The zero-order chi connectivity index (χ0) is 14.4. The predicted molar refractivity (Wildman–Crippen MR) is 82.7 cm³/mol. The summed E-state index contributed by atoms with van der Waals surface area (Å²) in [6.45, 7) is 7.47. The minimum absolute atomic E-state index is 0.171. The average molecular weight is 279 g/mol. The lowest BCUT2D eigenvalue weighted by Crippen LogP contribution is -2.42. The van der Waals surface area contributed by atoms with Gasteiger partial charge in [0.2, 0.25) is 0 Å². The van der Waals surface area contributed by atoms with Crippen LogP contribution < -0.4 is 5.32 Å². The lowest BCUT2D eigenvalue weighted by molar-refractivity contribution is 0.190. The van der Waals surface area contributed by atoms with Gasteiger partial charge in [-0.2, -0.15) is 0 Å². The van der Waals surface area contributed by atoms with Crippen LogP contribution in [0.1, 0.15) is 19.8 Å². The van der Waals surface area contributed by atoms with Gasteiger partial charge < -0.3 is 10.2 Å². The molecule has 0 radical (unpaired) electrons. The van der Waals surface area contributed by atoms with Crippen LogP contribution in [0.15, 0.2) is 24.3 Å². The van der Waals surface area contributed by atoms with E-state index >= 15 is 0 Å². The van der Waals surface area contributed by atoms with Gasteiger partial charge in [-0.15, -0.1) is 0 Å². The summed E-state index contributed by atoms with van der Waals surface area (Å²) >= 11 is 0. The molecule has 1 N–H and O–H groups in total. The number of hydrogen-bond donors (Lipinski definition) is 1. The van der Waals surface area contributed by atoms with Crippen molar-refractivity contribution >= 4 is 5.69 Å². The maximum Gasteiger partial charge on any atom is 0.146 e. The fraction of sp³-hybridized carbons (Fsp3) is 0.625. The summed E-state index contributed by atoms with van der Waals surface area (Å²) < 4.78 is 13.5. The third-order valence-electron chi connectivity index (χ3n) is 4.08. The molecular formula is C16H26FN3. The number of nitrogens with one attached hydrogen (secondary N) is 1. The minimum Gasteiger partial charge on any atom is -0.381 e. The van der Waals surface area contributed by atoms with E-state index in [1.54, 1.807) is 12.1 Å². The Bertz CT molecular complexity index is 410. The standard InChI is InChI=1S/C16H26FN3/c1-3-14-13-19(2)10-6-11-20(14)12-9-18-16-8-5-4-7-15(16)17/h4-5,7-8,14,18H,3,6,9-13H2,1-2H3. The fourth-order valence-electron chi connectivity index (χ4n) is 2.91. The average Bonchev–Trinajstić information content (AvgIpc) is 2.62. The number of benzene rings is 1. The molecular weight excluding hydrogens is 253 g/mol. The number of nitrogens with zero attached hydrogens (tertiary/aromatic N) is 2. The Morgan fingerprint density at radius 2 is 2.10 bits per heavy atom. The monoisotopic (exact) mass is 279 g/mol. The maximum atomic E-state index is 13.5. The van der Waals surface area contributed by atoms with E-state index < -0.39 is 0 Å². The molecule has 2 rings (SSSR count). The van der Waals surface area contributed by atoms with Crippen LogP contribution in [0.25, 0.3) is 0 Å². The summed E-state index contributed by atoms with van der Waals surface area (Å²) in [5, 5.41) is 3.21. The predicted octanol–water partition coefficient (Wildman–Crippen LogP) is 2.65. The second-order valence-corrected chi connectivity index (χ2v) is 5.62. The minimum atomic E-state index is -0.171. The van der Waals surface area contributed by atoms with Gasteiger partial charge in [0.25, 0.3) is 0 Å². The van der Waals surface area contributed by atoms with Crippen LogP contribution in [-0.2, 0) is 0 Å². The highest BCUT2D eigenvalue weighted by atomic mass is 19.1. The molecule has 0 spiro atoms. The van der Waals surface area contributed by atoms with Crippen molar-refractivity contribution in [2.75, 3.05) is 45.1 Å². The number of halogens is 1. The van der Waals surface area contributed by atoms with Crippen molar-refractivity contribution in [3.05, 3.63) is 30.1 Å². The highest BCUT2D eigenvalue weighted by Crippen LogP contribution is 2.14. The second kappa shape index (κ2) is 7.60. The van der Waals surface area contributed by atoms with E-state index in [4.69, 9.17) is 0 Å². The topological polar surface area (TPSA) is 18.5 Å². The second-order valence-electron chi connectivity index (χ2n) is 5.62. The van der Waals surface area contributed by atoms with Gasteiger partial charge in [-0.3, -0.25) is 4.90 Å². The zero-order valence-corrected chi connectivity index (χ0v) is 12.6. The van der Waals surface area contributed by atoms with Crippen LogP contribution in [-0.4, -0.2) is 55.6 Å². The highest BCUT2D eigenvalue weighted by molar-refractivity contribution is 5.44. The molecule has 20 heavy (non-hydrogen) atoms. The molecule has 0 amide bonds. The summed E-state index contributed by atoms with van der Waals surface area (Å²) in [5.74, 6) is -0.171. The number of hydrogen-bond acceptors (Lipinski definition) is 3. The van der Waals surface area contributed by atoms with E-state index in [0.29, 0.717) is 11.7 Å². The molecule has 1 saturated heterocycles. The lowest BCUT2D eigenvalue weighted by Gasteiger charge is -2.30. The molecule has 1 aliphatic rings. The summed E-state index contributed by atoms with van der Waals surface area (Å²) in [4.78, 5) is 4.95. The van der Waals surface area contributed by atoms with E-state index in [1.165, 1.54) is 25.5 Å². The summed E-state index contributed by atoms with van der Waals surface area (Å²) in [6.07, 6.45) is 2.39. The van der Waals surface area contributed by atoms with Crippen molar-refractivity contribution in [3.8, 4) is 0 Å². The number of rotatable bonds is 5. The fourth-order valence-corrected chi connectivity index (χ4v) is 2.91. The first-order valence-corrected chi connectivity index (χ1v) is 7.61. The summed E-state index contributed by atoms with van der Waals surface area (Å²) in [5.41, 5.74) is 0.604. The van der Waals surface area contributed by atoms with Crippen molar-refractivity contribution in [3.63, 3.8) is 0 Å². The molecule has 1 atom stereocenters. The molecule has 112 valence electrons. The molecule has 0 aromatic heterocycles. The number of para-hydroxylation sites is 1. The molecule has 0 bridgehead atoms. The smallest absolute Gasteiger partial charge is 0.146 e. The highest BCUT2D eigenvalue weighted by Gasteiger charge is 2.21. The van der Waals surface area contributed by atoms with Crippen LogP contribution in [0.2, 0.25) is 0 Å². The van der Waals surface area contributed by atoms with Crippen molar-refractivity contribution in [2.24, 2.45) is 0 Å². The quantitative estimate of drug-likeness (QED) is 0.894. The Balaban J connectivity index is 1.84. The number of likely N-dealkylation sites (N-methyl/N-ethyl adjacent to an activating group) is 1. The molecule has 0 aliphatic carbocycles. The van der Waals surface area contributed by atoms with E-state index in [2.05, 4.69) is 29.1 Å². The Morgan fingerprint density at radius 1 is 1.30 bits per heavy atom. The van der Waals surface area contributed by atoms with Gasteiger partial charge in [-0.1, -0.05) is 19.1 Å². The molecule has 4 heteroatoms. The van der Waals surface area contributed by atoms with Gasteiger partial charge in [-0.05, 0) is 45.1 Å². The van der Waals surface area contributed by atoms with E-state index in [1.807, 2.05) is 6.07 Å². The van der Waals surface area contributed by atoms with Gasteiger partial charge >= 0.3 is 0 Å². The molecule has 1 heterocycles. The molecule has 1 aromatic rings. The molecule has 1 unspecified atom stereocenters. The van der Waals surface area contributed by atoms with Crippen molar-refractivity contribution in [1.82, 2.24) is 9.80 Å². The Morgan fingerprint density at radius 3 is 2.85 bits per heavy atom. The van der Waals surface area contributed by atoms with E-state index in [9.17, 15) is 4.39 Å². The van der Waals surface area contributed by atoms with Gasteiger partial charge in [0.1, 0.15) is 5.82 Å². The lowest BCUT2D eigenvalue weighted by atomic mass is 10.2.